The van der Waals surface area contributed by atoms with Crippen molar-refractivity contribution < 1.29 is 13.6 Å². The van der Waals surface area contributed by atoms with Crippen molar-refractivity contribution >= 4 is 22.6 Å². The Kier molecular flexibility index (Phi) is 5.75. The molecule has 0 bridgehead atoms. The van der Waals surface area contributed by atoms with Crippen LogP contribution in [0.2, 0.25) is 0 Å². The monoisotopic (exact) mass is 428 g/mol. The number of rotatable bonds is 4. The van der Waals surface area contributed by atoms with E-state index in [2.05, 4.69) is 26.3 Å². The number of anilines is 1. The molecule has 4 rings (SSSR count). The molecule has 2 aliphatic rings. The number of nitrogens with one attached hydrogen (secondary N) is 1. The summed E-state index contributed by atoms with van der Waals surface area (Å²) >= 11 is 0. The zero-order valence-electron chi connectivity index (χ0n) is 17.7. The maximum Gasteiger partial charge on any atom is 0.263 e. The van der Waals surface area contributed by atoms with Crippen LogP contribution in [0.1, 0.15) is 25.3 Å². The number of benzene rings is 1. The average Bonchev–Trinajstić information content (AvgIpc) is 3.08. The highest BCUT2D eigenvalue weighted by Crippen LogP contribution is 2.35. The minimum atomic E-state index is -2.85. The molecular weight excluding hydrogens is 402 g/mol. The lowest BCUT2D eigenvalue weighted by Crippen LogP contribution is -2.49. The molecular formula is C22H26F2N6O. The Morgan fingerprint density at radius 3 is 2.74 bits per heavy atom. The van der Waals surface area contributed by atoms with Crippen molar-refractivity contribution in [3.63, 3.8) is 0 Å². The van der Waals surface area contributed by atoms with E-state index in [1.807, 2.05) is 13.0 Å². The zero-order valence-corrected chi connectivity index (χ0v) is 17.7. The highest BCUT2D eigenvalue weighted by molar-refractivity contribution is 5.92. The van der Waals surface area contributed by atoms with E-state index in [-0.39, 0.29) is 30.8 Å². The third-order valence-corrected chi connectivity index (χ3v) is 6.39. The molecule has 9 heteroatoms. The van der Waals surface area contributed by atoms with Gasteiger partial charge in [-0.3, -0.25) is 14.8 Å². The summed E-state index contributed by atoms with van der Waals surface area (Å²) in [7, 11) is 1.68. The maximum absolute atomic E-state index is 14.3. The van der Waals surface area contributed by atoms with E-state index in [9.17, 15) is 18.8 Å². The van der Waals surface area contributed by atoms with E-state index in [0.29, 0.717) is 42.7 Å². The van der Waals surface area contributed by atoms with E-state index in [1.54, 1.807) is 30.4 Å². The van der Waals surface area contributed by atoms with Gasteiger partial charge >= 0.3 is 0 Å². The quantitative estimate of drug-likeness (QED) is 0.805. The Labute approximate surface area is 180 Å². The number of fused-ring (bicyclic) bond motifs is 1. The number of nitriles is 1. The van der Waals surface area contributed by atoms with E-state index < -0.39 is 11.8 Å². The second-order valence-electron chi connectivity index (χ2n) is 8.74. The van der Waals surface area contributed by atoms with Crippen LogP contribution < -0.4 is 10.2 Å². The molecule has 0 radical (unpaired) electrons. The number of halogens is 2. The number of carbonyl (C=O) groups is 1. The molecule has 31 heavy (non-hydrogen) atoms. The van der Waals surface area contributed by atoms with Crippen LogP contribution in [-0.2, 0) is 4.79 Å². The van der Waals surface area contributed by atoms with Crippen molar-refractivity contribution in [1.29, 1.82) is 5.26 Å². The Balaban J connectivity index is 1.45. The molecule has 1 amide bonds. The fourth-order valence-corrected chi connectivity index (χ4v) is 4.64. The number of alkyl halides is 2. The standard InChI is InChI=1S/C22H26F2N6O/c1-14-11-30(18-4-3-15(10-25)20-21(18)27-7-6-26-20)12-17(14)28-19(31)9-16-5-8-29(2)13-22(16,23)24/h3-4,6-7,14,16-17H,5,8-9,11-13H2,1-2H3,(H,28,31)/t14-,16+,17+/m1/s1. The Bertz CT molecular complexity index is 1020. The van der Waals surface area contributed by atoms with Crippen molar-refractivity contribution in [2.75, 3.05) is 38.1 Å². The zero-order chi connectivity index (χ0) is 22.2. The van der Waals surface area contributed by atoms with Crippen molar-refractivity contribution in [3.05, 3.63) is 30.1 Å². The Morgan fingerprint density at radius 2 is 2.03 bits per heavy atom. The molecule has 0 aliphatic carbocycles. The average molecular weight is 428 g/mol. The first-order valence-electron chi connectivity index (χ1n) is 10.5. The van der Waals surface area contributed by atoms with E-state index in [4.69, 9.17) is 0 Å². The van der Waals surface area contributed by atoms with Gasteiger partial charge < -0.3 is 15.1 Å². The number of carbonyl (C=O) groups excluding carboxylic acids is 1. The number of amides is 1. The molecule has 2 fully saturated rings. The summed E-state index contributed by atoms with van der Waals surface area (Å²) < 4.78 is 28.6. The molecule has 1 aromatic heterocycles. The first-order chi connectivity index (χ1) is 14.8. The predicted molar refractivity (Wildman–Crippen MR) is 113 cm³/mol. The van der Waals surface area contributed by atoms with Gasteiger partial charge in [-0.25, -0.2) is 8.78 Å². The third-order valence-electron chi connectivity index (χ3n) is 6.39. The van der Waals surface area contributed by atoms with Gasteiger partial charge in [0.15, 0.2) is 0 Å². The van der Waals surface area contributed by atoms with Gasteiger partial charge in [-0.1, -0.05) is 6.92 Å². The highest BCUT2D eigenvalue weighted by Gasteiger charge is 2.44. The molecule has 1 aromatic carbocycles. The predicted octanol–water partition coefficient (Wildman–Crippen LogP) is 2.42. The number of hydrogen-bond donors (Lipinski definition) is 1. The van der Waals surface area contributed by atoms with E-state index >= 15 is 0 Å². The second-order valence-corrected chi connectivity index (χ2v) is 8.74. The van der Waals surface area contributed by atoms with E-state index in [0.717, 1.165) is 5.69 Å². The summed E-state index contributed by atoms with van der Waals surface area (Å²) in [6.07, 6.45) is 3.31. The Morgan fingerprint density at radius 1 is 1.29 bits per heavy atom. The maximum atomic E-state index is 14.3. The molecule has 2 aromatic rings. The number of nitrogens with zero attached hydrogens (tertiary/aromatic N) is 5. The molecule has 0 spiro atoms. The summed E-state index contributed by atoms with van der Waals surface area (Å²) in [6, 6.07) is 5.57. The van der Waals surface area contributed by atoms with Gasteiger partial charge in [-0.15, -0.1) is 0 Å². The fourth-order valence-electron chi connectivity index (χ4n) is 4.64. The first-order valence-corrected chi connectivity index (χ1v) is 10.5. The number of aromatic nitrogens is 2. The summed E-state index contributed by atoms with van der Waals surface area (Å²) in [5.74, 6) is -3.95. The number of piperidine rings is 1. The molecule has 2 aliphatic heterocycles. The Hall–Kier alpha value is -2.86. The minimum absolute atomic E-state index is 0.143. The van der Waals surface area contributed by atoms with Crippen LogP contribution in [-0.4, -0.2) is 66.0 Å². The molecule has 164 valence electrons. The first kappa shape index (κ1) is 21.4. The smallest absolute Gasteiger partial charge is 0.263 e. The number of likely N-dealkylation sites (tertiary alicyclic amines) is 1. The van der Waals surface area contributed by atoms with Crippen molar-refractivity contribution in [3.8, 4) is 6.07 Å². The van der Waals surface area contributed by atoms with Crippen molar-refractivity contribution in [2.24, 2.45) is 11.8 Å². The van der Waals surface area contributed by atoms with Crippen LogP contribution in [0.4, 0.5) is 14.5 Å². The second kappa shape index (κ2) is 8.35. The fraction of sp³-hybridized carbons (Fsp3) is 0.545. The molecule has 3 heterocycles. The topological polar surface area (TPSA) is 85.1 Å². The van der Waals surface area contributed by atoms with Gasteiger partial charge in [-0.2, -0.15) is 5.26 Å². The largest absolute Gasteiger partial charge is 0.367 e. The van der Waals surface area contributed by atoms with Crippen LogP contribution in [0.25, 0.3) is 11.0 Å². The summed E-state index contributed by atoms with van der Waals surface area (Å²) in [5, 5.41) is 12.3. The van der Waals surface area contributed by atoms with Crippen molar-refractivity contribution in [2.45, 2.75) is 31.7 Å². The van der Waals surface area contributed by atoms with Crippen LogP contribution in [0.15, 0.2) is 24.5 Å². The normalized spacial score (nSPS) is 26.0. The van der Waals surface area contributed by atoms with Crippen molar-refractivity contribution in [1.82, 2.24) is 20.2 Å². The van der Waals surface area contributed by atoms with Gasteiger partial charge in [0.2, 0.25) is 5.91 Å². The molecule has 0 unspecified atom stereocenters. The third kappa shape index (κ3) is 4.30. The lowest BCUT2D eigenvalue weighted by Gasteiger charge is -2.36. The van der Waals surface area contributed by atoms with Gasteiger partial charge in [0.25, 0.3) is 5.92 Å². The highest BCUT2D eigenvalue weighted by atomic mass is 19.3. The molecule has 2 saturated heterocycles. The van der Waals surface area contributed by atoms with Gasteiger partial charge in [0.1, 0.15) is 17.1 Å². The van der Waals surface area contributed by atoms with Crippen LogP contribution in [0, 0.1) is 23.2 Å². The summed E-state index contributed by atoms with van der Waals surface area (Å²) in [6.45, 7) is 3.55. The molecule has 3 atom stereocenters. The summed E-state index contributed by atoms with van der Waals surface area (Å²) in [5.41, 5.74) is 2.51. The lowest BCUT2D eigenvalue weighted by molar-refractivity contribution is -0.135. The van der Waals surface area contributed by atoms with Crippen LogP contribution >= 0.6 is 0 Å². The number of hydrogen-bond acceptors (Lipinski definition) is 6. The molecule has 7 nitrogen and oxygen atoms in total. The lowest BCUT2D eigenvalue weighted by atomic mass is 9.89. The van der Waals surface area contributed by atoms with Crippen LogP contribution in [0.5, 0.6) is 0 Å². The SMILES string of the molecule is C[C@@H]1CN(c2ccc(C#N)c3nccnc23)C[C@@H]1NC(=O)C[C@@H]1CCN(C)CC1(F)F. The van der Waals surface area contributed by atoms with Crippen LogP contribution in [0.3, 0.4) is 0 Å². The summed E-state index contributed by atoms with van der Waals surface area (Å²) in [4.78, 5) is 25.0. The molecule has 0 saturated carbocycles. The van der Waals surface area contributed by atoms with E-state index in [1.165, 1.54) is 0 Å². The van der Waals surface area contributed by atoms with Gasteiger partial charge in [0.05, 0.1) is 23.8 Å². The minimum Gasteiger partial charge on any atom is -0.367 e. The molecule has 1 N–H and O–H groups in total. The van der Waals surface area contributed by atoms with Gasteiger partial charge in [-0.05, 0) is 38.1 Å². The van der Waals surface area contributed by atoms with Gasteiger partial charge in [0, 0.05) is 37.8 Å².